The molecular formula is C54H35NO. The molecule has 0 aliphatic carbocycles. The standard InChI is InChI=1S/C54H35NO/c1-3-14-36(15-4-1)38-26-30-41(31-27-38)55(42-32-28-39(29-33-42)37-16-5-2-6-17-37)43-34-50(45-25-13-19-40-18-7-8-20-44(40)45)52-51(35-43)56-54-49-24-12-10-22-47(49)46-21-9-11-23-48(46)53(52)54/h1-35H. The Balaban J connectivity index is 1.21. The van der Waals surface area contributed by atoms with Gasteiger partial charge in [0.05, 0.1) is 5.69 Å². The van der Waals surface area contributed by atoms with Crippen LogP contribution in [-0.4, -0.2) is 0 Å². The second-order valence-electron chi connectivity index (χ2n) is 14.5. The molecule has 0 spiro atoms. The molecule has 11 rings (SSSR count). The minimum Gasteiger partial charge on any atom is -0.455 e. The third kappa shape index (κ3) is 5.26. The van der Waals surface area contributed by atoms with Crippen LogP contribution in [0.1, 0.15) is 0 Å². The van der Waals surface area contributed by atoms with E-state index in [0.29, 0.717) is 0 Å². The summed E-state index contributed by atoms with van der Waals surface area (Å²) in [6.07, 6.45) is 0. The van der Waals surface area contributed by atoms with E-state index in [1.807, 2.05) is 0 Å². The van der Waals surface area contributed by atoms with E-state index >= 15 is 0 Å². The van der Waals surface area contributed by atoms with Crippen LogP contribution in [0.2, 0.25) is 0 Å². The number of rotatable bonds is 6. The first-order valence-corrected chi connectivity index (χ1v) is 19.2. The fourth-order valence-corrected chi connectivity index (χ4v) is 8.63. The van der Waals surface area contributed by atoms with Crippen molar-refractivity contribution in [1.29, 1.82) is 0 Å². The number of hydrogen-bond donors (Lipinski definition) is 0. The van der Waals surface area contributed by atoms with Gasteiger partial charge in [-0.25, -0.2) is 0 Å². The molecule has 0 aliphatic heterocycles. The van der Waals surface area contributed by atoms with E-state index in [1.54, 1.807) is 0 Å². The third-order valence-corrected chi connectivity index (χ3v) is 11.2. The van der Waals surface area contributed by atoms with Crippen molar-refractivity contribution in [3.8, 4) is 33.4 Å². The predicted molar refractivity (Wildman–Crippen MR) is 237 cm³/mol. The number of hydrogen-bond acceptors (Lipinski definition) is 2. The third-order valence-electron chi connectivity index (χ3n) is 11.2. The van der Waals surface area contributed by atoms with E-state index in [4.69, 9.17) is 4.42 Å². The first-order chi connectivity index (χ1) is 27.8. The van der Waals surface area contributed by atoms with Gasteiger partial charge in [0.2, 0.25) is 0 Å². The van der Waals surface area contributed by atoms with Crippen LogP contribution in [0, 0.1) is 0 Å². The highest BCUT2D eigenvalue weighted by Gasteiger charge is 2.23. The average Bonchev–Trinajstić information content (AvgIpc) is 3.67. The molecule has 0 aliphatic rings. The highest BCUT2D eigenvalue weighted by molar-refractivity contribution is 6.32. The zero-order chi connectivity index (χ0) is 37.0. The van der Waals surface area contributed by atoms with Gasteiger partial charge in [0.15, 0.2) is 0 Å². The van der Waals surface area contributed by atoms with Gasteiger partial charge in [-0.05, 0) is 90.6 Å². The van der Waals surface area contributed by atoms with Gasteiger partial charge in [0.25, 0.3) is 0 Å². The molecule has 56 heavy (non-hydrogen) atoms. The molecule has 10 aromatic carbocycles. The van der Waals surface area contributed by atoms with Crippen molar-refractivity contribution in [2.45, 2.75) is 0 Å². The molecule has 1 aromatic heterocycles. The van der Waals surface area contributed by atoms with Crippen LogP contribution in [0.25, 0.3) is 87.6 Å². The lowest BCUT2D eigenvalue weighted by Gasteiger charge is -2.27. The van der Waals surface area contributed by atoms with E-state index in [2.05, 4.69) is 217 Å². The maximum atomic E-state index is 7.14. The predicted octanol–water partition coefficient (Wildman–Crippen LogP) is 15.5. The van der Waals surface area contributed by atoms with Crippen molar-refractivity contribution in [2.24, 2.45) is 0 Å². The first kappa shape index (κ1) is 32.0. The van der Waals surface area contributed by atoms with E-state index in [0.717, 1.165) is 50.0 Å². The smallest absolute Gasteiger partial charge is 0.143 e. The van der Waals surface area contributed by atoms with Gasteiger partial charge in [-0.2, -0.15) is 0 Å². The van der Waals surface area contributed by atoms with Crippen molar-refractivity contribution in [1.82, 2.24) is 0 Å². The van der Waals surface area contributed by atoms with E-state index < -0.39 is 0 Å². The van der Waals surface area contributed by atoms with E-state index in [-0.39, 0.29) is 0 Å². The van der Waals surface area contributed by atoms with Crippen molar-refractivity contribution in [3.05, 3.63) is 212 Å². The van der Waals surface area contributed by atoms with E-state index in [9.17, 15) is 0 Å². The monoisotopic (exact) mass is 713 g/mol. The largest absolute Gasteiger partial charge is 0.455 e. The number of furan rings is 1. The van der Waals surface area contributed by atoms with Crippen LogP contribution >= 0.6 is 0 Å². The average molecular weight is 714 g/mol. The Morgan fingerprint density at radius 2 is 0.786 bits per heavy atom. The Bertz CT molecular complexity index is 3130. The van der Waals surface area contributed by atoms with Gasteiger partial charge in [-0.3, -0.25) is 0 Å². The zero-order valence-electron chi connectivity index (χ0n) is 30.6. The molecule has 0 unspecified atom stereocenters. The second kappa shape index (κ2) is 13.2. The molecule has 0 radical (unpaired) electrons. The summed E-state index contributed by atoms with van der Waals surface area (Å²) in [6, 6.07) is 76.3. The zero-order valence-corrected chi connectivity index (χ0v) is 30.6. The summed E-state index contributed by atoms with van der Waals surface area (Å²) in [5.41, 5.74) is 12.0. The maximum Gasteiger partial charge on any atom is 0.143 e. The molecule has 11 aromatic rings. The highest BCUT2D eigenvalue weighted by Crippen LogP contribution is 2.48. The Morgan fingerprint density at radius 1 is 0.304 bits per heavy atom. The molecule has 0 amide bonds. The quantitative estimate of drug-likeness (QED) is 0.160. The fraction of sp³-hybridized carbons (Fsp3) is 0. The SMILES string of the molecule is c1ccc(-c2ccc(N(c3ccc(-c4ccccc4)cc3)c3cc(-c4cccc5ccccc45)c4c(c3)oc3c5ccccc5c5ccccc5c34)cc2)cc1. The van der Waals surface area contributed by atoms with Gasteiger partial charge in [0.1, 0.15) is 11.2 Å². The summed E-state index contributed by atoms with van der Waals surface area (Å²) in [4.78, 5) is 2.36. The summed E-state index contributed by atoms with van der Waals surface area (Å²) in [5.74, 6) is 0. The van der Waals surface area contributed by atoms with Crippen molar-refractivity contribution < 1.29 is 4.42 Å². The minimum atomic E-state index is 0.855. The van der Waals surface area contributed by atoms with Crippen LogP contribution in [0.15, 0.2) is 217 Å². The highest BCUT2D eigenvalue weighted by atomic mass is 16.3. The first-order valence-electron chi connectivity index (χ1n) is 19.2. The summed E-state index contributed by atoms with van der Waals surface area (Å²) in [5, 5.41) is 9.42. The van der Waals surface area contributed by atoms with Gasteiger partial charge in [-0.1, -0.05) is 176 Å². The molecule has 0 bridgehead atoms. The Labute approximate surface area is 325 Å². The van der Waals surface area contributed by atoms with Crippen LogP contribution in [0.5, 0.6) is 0 Å². The molecule has 0 saturated heterocycles. The van der Waals surface area contributed by atoms with Crippen molar-refractivity contribution >= 4 is 71.3 Å². The molecule has 0 fully saturated rings. The van der Waals surface area contributed by atoms with Crippen molar-refractivity contribution in [3.63, 3.8) is 0 Å². The maximum absolute atomic E-state index is 7.14. The molecule has 2 nitrogen and oxygen atoms in total. The molecule has 2 heteroatoms. The molecular weight excluding hydrogens is 679 g/mol. The second-order valence-corrected chi connectivity index (χ2v) is 14.5. The molecule has 0 saturated carbocycles. The molecule has 0 atom stereocenters. The summed E-state index contributed by atoms with van der Waals surface area (Å²) in [7, 11) is 0. The Morgan fingerprint density at radius 3 is 1.41 bits per heavy atom. The van der Waals surface area contributed by atoms with E-state index in [1.165, 1.54) is 54.7 Å². The van der Waals surface area contributed by atoms with Crippen LogP contribution < -0.4 is 4.90 Å². The summed E-state index contributed by atoms with van der Waals surface area (Å²) >= 11 is 0. The van der Waals surface area contributed by atoms with Crippen LogP contribution in [0.3, 0.4) is 0 Å². The summed E-state index contributed by atoms with van der Waals surface area (Å²) in [6.45, 7) is 0. The van der Waals surface area contributed by atoms with Gasteiger partial charge < -0.3 is 9.32 Å². The Hall–Kier alpha value is -7.42. The lowest BCUT2D eigenvalue weighted by molar-refractivity contribution is 0.673. The Kier molecular flexibility index (Phi) is 7.53. The number of nitrogens with zero attached hydrogens (tertiary/aromatic N) is 1. The number of fused-ring (bicyclic) bond motifs is 9. The van der Waals surface area contributed by atoms with Crippen LogP contribution in [-0.2, 0) is 0 Å². The molecule has 1 heterocycles. The molecule has 0 N–H and O–H groups in total. The normalized spacial score (nSPS) is 11.6. The van der Waals surface area contributed by atoms with Gasteiger partial charge in [0, 0.05) is 33.6 Å². The number of anilines is 3. The van der Waals surface area contributed by atoms with Gasteiger partial charge >= 0.3 is 0 Å². The minimum absolute atomic E-state index is 0.855. The lowest BCUT2D eigenvalue weighted by atomic mass is 9.91. The topological polar surface area (TPSA) is 16.4 Å². The summed E-state index contributed by atoms with van der Waals surface area (Å²) < 4.78 is 7.14. The molecule has 262 valence electrons. The fourth-order valence-electron chi connectivity index (χ4n) is 8.63. The van der Waals surface area contributed by atoms with Gasteiger partial charge in [-0.15, -0.1) is 0 Å². The van der Waals surface area contributed by atoms with Crippen LogP contribution in [0.4, 0.5) is 17.1 Å². The number of benzene rings is 10. The lowest BCUT2D eigenvalue weighted by Crippen LogP contribution is -2.10. The van der Waals surface area contributed by atoms with Crippen molar-refractivity contribution in [2.75, 3.05) is 4.90 Å².